The lowest BCUT2D eigenvalue weighted by Gasteiger charge is -2.12. The molecule has 6 heteroatoms. The normalized spacial score (nSPS) is 15.4. The molecule has 0 bridgehead atoms. The van der Waals surface area contributed by atoms with Gasteiger partial charge in [0.2, 0.25) is 0 Å². The third-order valence-corrected chi connectivity index (χ3v) is 5.36. The number of hydrogen-bond donors (Lipinski definition) is 1. The number of carbonyl (C=O) groups excluding carboxylic acids is 1. The smallest absolute Gasteiger partial charge is 0.261 e. The molecule has 1 amide bonds. The molecule has 0 aliphatic heterocycles. The van der Waals surface area contributed by atoms with Gasteiger partial charge in [-0.15, -0.1) is 11.3 Å². The molecule has 0 aromatic carbocycles. The minimum absolute atomic E-state index is 0.0461. The lowest BCUT2D eigenvalue weighted by atomic mass is 9.99. The second kappa shape index (κ2) is 6.84. The van der Waals surface area contributed by atoms with E-state index in [9.17, 15) is 4.79 Å². The first-order valence-electron chi connectivity index (χ1n) is 7.69. The summed E-state index contributed by atoms with van der Waals surface area (Å²) in [6.07, 6.45) is 8.17. The van der Waals surface area contributed by atoms with Crippen molar-refractivity contribution in [1.29, 1.82) is 0 Å². The number of nitrogens with one attached hydrogen (secondary N) is 1. The van der Waals surface area contributed by atoms with E-state index in [1.54, 1.807) is 23.7 Å². The summed E-state index contributed by atoms with van der Waals surface area (Å²) in [4.78, 5) is 14.5. The minimum Gasteiger partial charge on any atom is -0.351 e. The summed E-state index contributed by atoms with van der Waals surface area (Å²) in [5.41, 5.74) is 1.38. The zero-order chi connectivity index (χ0) is 15.5. The average Bonchev–Trinajstić information content (AvgIpc) is 3.10. The topological polar surface area (TPSA) is 46.9 Å². The first-order chi connectivity index (χ1) is 10.6. The van der Waals surface area contributed by atoms with Crippen LogP contribution in [0.4, 0.5) is 0 Å². The summed E-state index contributed by atoms with van der Waals surface area (Å²) >= 11 is 7.50. The number of rotatable bonds is 5. The van der Waals surface area contributed by atoms with E-state index in [2.05, 4.69) is 23.4 Å². The Labute approximate surface area is 139 Å². The highest BCUT2D eigenvalue weighted by atomic mass is 35.5. The van der Waals surface area contributed by atoms with Crippen LogP contribution in [-0.4, -0.2) is 22.2 Å². The standard InChI is InChI=1S/C16H20ClN3OS/c1-11(9-20-10-13(17)8-19-20)7-18-16(21)15-6-12-4-2-3-5-14(12)22-15/h6,8,10-11H,2-5,7,9H2,1H3,(H,18,21). The second-order valence-electron chi connectivity index (χ2n) is 5.96. The molecule has 2 aromatic heterocycles. The Kier molecular flexibility index (Phi) is 4.84. The Bertz CT molecular complexity index is 641. The van der Waals surface area contributed by atoms with Crippen LogP contribution in [0.5, 0.6) is 0 Å². The van der Waals surface area contributed by atoms with Gasteiger partial charge in [0.15, 0.2) is 0 Å². The largest absolute Gasteiger partial charge is 0.351 e. The van der Waals surface area contributed by atoms with E-state index in [0.717, 1.165) is 24.3 Å². The van der Waals surface area contributed by atoms with Crippen molar-refractivity contribution < 1.29 is 4.79 Å². The van der Waals surface area contributed by atoms with Crippen LogP contribution < -0.4 is 5.32 Å². The van der Waals surface area contributed by atoms with Gasteiger partial charge in [0.25, 0.3) is 5.91 Å². The van der Waals surface area contributed by atoms with Crippen LogP contribution in [0.15, 0.2) is 18.5 Å². The molecule has 0 saturated carbocycles. The van der Waals surface area contributed by atoms with E-state index in [4.69, 9.17) is 11.6 Å². The van der Waals surface area contributed by atoms with Crippen LogP contribution in [0.3, 0.4) is 0 Å². The van der Waals surface area contributed by atoms with Gasteiger partial charge in [-0.2, -0.15) is 5.10 Å². The Morgan fingerprint density at radius 2 is 2.32 bits per heavy atom. The van der Waals surface area contributed by atoms with Gasteiger partial charge in [-0.3, -0.25) is 9.48 Å². The van der Waals surface area contributed by atoms with Crippen molar-refractivity contribution >= 4 is 28.8 Å². The van der Waals surface area contributed by atoms with Crippen LogP contribution in [0.1, 0.15) is 39.9 Å². The maximum absolute atomic E-state index is 12.3. The quantitative estimate of drug-likeness (QED) is 0.907. The van der Waals surface area contributed by atoms with Gasteiger partial charge >= 0.3 is 0 Å². The zero-order valence-electron chi connectivity index (χ0n) is 12.6. The van der Waals surface area contributed by atoms with Crippen molar-refractivity contribution in [3.8, 4) is 0 Å². The highest BCUT2D eigenvalue weighted by Crippen LogP contribution is 2.29. The van der Waals surface area contributed by atoms with E-state index in [-0.39, 0.29) is 5.91 Å². The predicted octanol–water partition coefficient (Wildman–Crippen LogP) is 3.54. The van der Waals surface area contributed by atoms with Crippen molar-refractivity contribution in [3.63, 3.8) is 0 Å². The summed E-state index contributed by atoms with van der Waals surface area (Å²) in [6.45, 7) is 3.47. The van der Waals surface area contributed by atoms with Gasteiger partial charge in [0, 0.05) is 24.2 Å². The molecule has 118 valence electrons. The van der Waals surface area contributed by atoms with Gasteiger partial charge in [-0.1, -0.05) is 18.5 Å². The molecule has 0 radical (unpaired) electrons. The summed E-state index contributed by atoms with van der Waals surface area (Å²) in [5.74, 6) is 0.347. The molecule has 2 heterocycles. The van der Waals surface area contributed by atoms with E-state index in [0.29, 0.717) is 17.5 Å². The maximum atomic E-state index is 12.3. The number of carbonyl (C=O) groups is 1. The number of fused-ring (bicyclic) bond motifs is 1. The van der Waals surface area contributed by atoms with Crippen LogP contribution in [0, 0.1) is 5.92 Å². The number of halogens is 1. The molecule has 22 heavy (non-hydrogen) atoms. The van der Waals surface area contributed by atoms with Gasteiger partial charge in [0.05, 0.1) is 16.1 Å². The highest BCUT2D eigenvalue weighted by molar-refractivity contribution is 7.14. The number of aromatic nitrogens is 2. The van der Waals surface area contributed by atoms with Crippen LogP contribution >= 0.6 is 22.9 Å². The lowest BCUT2D eigenvalue weighted by molar-refractivity contribution is 0.0950. The minimum atomic E-state index is 0.0461. The summed E-state index contributed by atoms with van der Waals surface area (Å²) in [6, 6.07) is 2.08. The molecule has 4 nitrogen and oxygen atoms in total. The van der Waals surface area contributed by atoms with Gasteiger partial charge in [-0.25, -0.2) is 0 Å². The first kappa shape index (κ1) is 15.6. The van der Waals surface area contributed by atoms with E-state index in [1.165, 1.54) is 23.3 Å². The fraction of sp³-hybridized carbons (Fsp3) is 0.500. The highest BCUT2D eigenvalue weighted by Gasteiger charge is 2.17. The molecule has 1 atom stereocenters. The van der Waals surface area contributed by atoms with Gasteiger partial charge in [0.1, 0.15) is 0 Å². The van der Waals surface area contributed by atoms with Crippen LogP contribution in [-0.2, 0) is 19.4 Å². The number of amides is 1. The molecule has 1 N–H and O–H groups in total. The van der Waals surface area contributed by atoms with Crippen LogP contribution in [0.25, 0.3) is 0 Å². The number of nitrogens with zero attached hydrogens (tertiary/aromatic N) is 2. The molecule has 2 aromatic rings. The molecule has 1 unspecified atom stereocenters. The summed E-state index contributed by atoms with van der Waals surface area (Å²) in [5, 5.41) is 7.83. The Hall–Kier alpha value is -1.33. The summed E-state index contributed by atoms with van der Waals surface area (Å²) in [7, 11) is 0. The fourth-order valence-corrected chi connectivity index (χ4v) is 4.10. The molecule has 3 rings (SSSR count). The monoisotopic (exact) mass is 337 g/mol. The molecule has 0 fully saturated rings. The number of thiophene rings is 1. The molecule has 1 aliphatic carbocycles. The Morgan fingerprint density at radius 1 is 1.50 bits per heavy atom. The van der Waals surface area contributed by atoms with E-state index in [1.807, 2.05) is 4.68 Å². The van der Waals surface area contributed by atoms with Crippen molar-refractivity contribution in [2.24, 2.45) is 5.92 Å². The molecular formula is C16H20ClN3OS. The first-order valence-corrected chi connectivity index (χ1v) is 8.89. The Morgan fingerprint density at radius 3 is 3.05 bits per heavy atom. The summed E-state index contributed by atoms with van der Waals surface area (Å²) < 4.78 is 1.81. The lowest BCUT2D eigenvalue weighted by Crippen LogP contribution is -2.29. The Balaban J connectivity index is 1.52. The predicted molar refractivity (Wildman–Crippen MR) is 89.7 cm³/mol. The molecule has 0 spiro atoms. The molecular weight excluding hydrogens is 318 g/mol. The van der Waals surface area contributed by atoms with E-state index < -0.39 is 0 Å². The average molecular weight is 338 g/mol. The third-order valence-electron chi connectivity index (χ3n) is 3.93. The van der Waals surface area contributed by atoms with E-state index >= 15 is 0 Å². The van der Waals surface area contributed by atoms with Crippen molar-refractivity contribution in [2.75, 3.05) is 6.54 Å². The van der Waals surface area contributed by atoms with Crippen LogP contribution in [0.2, 0.25) is 5.02 Å². The van der Waals surface area contributed by atoms with Crippen molar-refractivity contribution in [1.82, 2.24) is 15.1 Å². The van der Waals surface area contributed by atoms with Crippen molar-refractivity contribution in [3.05, 3.63) is 38.8 Å². The van der Waals surface area contributed by atoms with Gasteiger partial charge in [-0.05, 0) is 43.2 Å². The third kappa shape index (κ3) is 3.70. The number of aryl methyl sites for hydroxylation is 2. The molecule has 1 aliphatic rings. The van der Waals surface area contributed by atoms with Gasteiger partial charge < -0.3 is 5.32 Å². The SMILES string of the molecule is CC(CNC(=O)c1cc2c(s1)CCCC2)Cn1cc(Cl)cn1. The van der Waals surface area contributed by atoms with Crippen molar-refractivity contribution in [2.45, 2.75) is 39.2 Å². The molecule has 0 saturated heterocycles. The second-order valence-corrected chi connectivity index (χ2v) is 7.54. The zero-order valence-corrected chi connectivity index (χ0v) is 14.2. The maximum Gasteiger partial charge on any atom is 0.261 e. The fourth-order valence-electron chi connectivity index (χ4n) is 2.78. The number of hydrogen-bond acceptors (Lipinski definition) is 3.